The summed E-state index contributed by atoms with van der Waals surface area (Å²) in [5, 5.41) is 11.8. The highest BCUT2D eigenvalue weighted by Crippen LogP contribution is 1.72. The van der Waals surface area contributed by atoms with Crippen molar-refractivity contribution in [3.8, 4) is 0 Å². The van der Waals surface area contributed by atoms with Crippen LogP contribution in [-0.4, -0.2) is 21.5 Å². The molecule has 1 rings (SSSR count). The summed E-state index contributed by atoms with van der Waals surface area (Å²) in [7, 11) is 0. The Morgan fingerprint density at radius 3 is 3.11 bits per heavy atom. The molecule has 0 aliphatic heterocycles. The molecule has 0 bridgehead atoms. The maximum atomic E-state index is 10.4. The third kappa shape index (κ3) is 1.17. The van der Waals surface area contributed by atoms with E-state index in [2.05, 4.69) is 9.52 Å². The number of aromatic nitrogens is 2. The molecule has 0 saturated carbocycles. The smallest absolute Gasteiger partial charge is 0.395 e. The lowest BCUT2D eigenvalue weighted by Crippen LogP contribution is -2.17. The van der Waals surface area contributed by atoms with Crippen LogP contribution >= 0.6 is 0 Å². The molecule has 50 valence electrons. The van der Waals surface area contributed by atoms with Crippen molar-refractivity contribution in [3.05, 3.63) is 16.9 Å². The summed E-state index contributed by atoms with van der Waals surface area (Å²) in [5.41, 5.74) is 0. The molecule has 0 saturated heterocycles. The zero-order valence-electron chi connectivity index (χ0n) is 4.65. The van der Waals surface area contributed by atoms with Crippen LogP contribution in [0.15, 0.2) is 15.6 Å². The summed E-state index contributed by atoms with van der Waals surface area (Å²) in [4.78, 5) is 10.4. The Morgan fingerprint density at radius 2 is 2.67 bits per heavy atom. The van der Waals surface area contributed by atoms with E-state index in [4.69, 9.17) is 5.11 Å². The van der Waals surface area contributed by atoms with Crippen molar-refractivity contribution in [2.45, 2.75) is 6.54 Å². The molecule has 9 heavy (non-hydrogen) atoms. The van der Waals surface area contributed by atoms with Crippen LogP contribution in [0.5, 0.6) is 0 Å². The van der Waals surface area contributed by atoms with E-state index in [9.17, 15) is 4.79 Å². The highest BCUT2D eigenvalue weighted by molar-refractivity contribution is 4.50. The molecule has 1 heterocycles. The van der Waals surface area contributed by atoms with Gasteiger partial charge in [0.15, 0.2) is 0 Å². The molecule has 1 aromatic heterocycles. The first kappa shape index (κ1) is 6.03. The molecule has 0 radical (unpaired) electrons. The summed E-state index contributed by atoms with van der Waals surface area (Å²) in [6, 6.07) is 0. The number of hydrogen-bond donors (Lipinski definition) is 1. The number of nitrogens with zero attached hydrogens (tertiary/aromatic N) is 2. The highest BCUT2D eigenvalue weighted by atomic mass is 16.4. The van der Waals surface area contributed by atoms with E-state index in [0.717, 1.165) is 11.1 Å². The van der Waals surface area contributed by atoms with Gasteiger partial charge >= 0.3 is 5.76 Å². The summed E-state index contributed by atoms with van der Waals surface area (Å²) >= 11 is 0. The molecule has 0 spiro atoms. The fourth-order valence-electron chi connectivity index (χ4n) is 0.477. The van der Waals surface area contributed by atoms with Crippen molar-refractivity contribution < 1.29 is 9.52 Å². The minimum absolute atomic E-state index is 0.105. The van der Waals surface area contributed by atoms with Crippen molar-refractivity contribution in [3.63, 3.8) is 0 Å². The molecule has 5 nitrogen and oxygen atoms in total. The van der Waals surface area contributed by atoms with Crippen LogP contribution in [0.1, 0.15) is 0 Å². The zero-order chi connectivity index (χ0) is 6.69. The molecule has 0 fully saturated rings. The standard InChI is InChI=1S/C4H6N2O3/c7-2-1-6-4(8)9-3-5-6/h3,7H,1-2H2. The van der Waals surface area contributed by atoms with Gasteiger partial charge in [0.05, 0.1) is 13.2 Å². The Bertz CT molecular complexity index is 226. The molecule has 0 aliphatic carbocycles. The lowest BCUT2D eigenvalue weighted by Gasteiger charge is -1.88. The fraction of sp³-hybridized carbons (Fsp3) is 0.500. The highest BCUT2D eigenvalue weighted by Gasteiger charge is 1.95. The third-order valence-corrected chi connectivity index (χ3v) is 0.863. The van der Waals surface area contributed by atoms with E-state index in [1.165, 1.54) is 0 Å². The van der Waals surface area contributed by atoms with Gasteiger partial charge in [-0.25, -0.2) is 4.79 Å². The van der Waals surface area contributed by atoms with Crippen LogP contribution in [0.25, 0.3) is 0 Å². The summed E-state index contributed by atoms with van der Waals surface area (Å²) in [5.74, 6) is -0.538. The van der Waals surface area contributed by atoms with Crippen LogP contribution in [0.4, 0.5) is 0 Å². The van der Waals surface area contributed by atoms with Crippen LogP contribution in [0.2, 0.25) is 0 Å². The van der Waals surface area contributed by atoms with Crippen molar-refractivity contribution in [1.82, 2.24) is 9.78 Å². The van der Waals surface area contributed by atoms with Gasteiger partial charge in [-0.3, -0.25) is 0 Å². The van der Waals surface area contributed by atoms with Gasteiger partial charge in [0.1, 0.15) is 0 Å². The van der Waals surface area contributed by atoms with Gasteiger partial charge in [0.25, 0.3) is 0 Å². The predicted octanol–water partition coefficient (Wildman–Crippen LogP) is -1.17. The Kier molecular flexibility index (Phi) is 1.64. The molecule has 1 N–H and O–H groups in total. The Balaban J connectivity index is 2.81. The van der Waals surface area contributed by atoms with Crippen molar-refractivity contribution >= 4 is 0 Å². The maximum absolute atomic E-state index is 10.4. The lowest BCUT2D eigenvalue weighted by atomic mass is 10.7. The van der Waals surface area contributed by atoms with Gasteiger partial charge in [0, 0.05) is 0 Å². The fourth-order valence-corrected chi connectivity index (χ4v) is 0.477. The molecule has 0 atom stereocenters. The van der Waals surface area contributed by atoms with Crippen LogP contribution in [-0.2, 0) is 6.54 Å². The minimum atomic E-state index is -0.538. The minimum Gasteiger partial charge on any atom is -0.395 e. The SMILES string of the molecule is O=c1ocnn1CCO. The van der Waals surface area contributed by atoms with E-state index >= 15 is 0 Å². The van der Waals surface area contributed by atoms with Crippen LogP contribution in [0, 0.1) is 0 Å². The molecule has 5 heteroatoms. The molecule has 0 unspecified atom stereocenters. The summed E-state index contributed by atoms with van der Waals surface area (Å²) in [6.45, 7) is 0.0851. The molecular formula is C4H6N2O3. The van der Waals surface area contributed by atoms with Crippen LogP contribution < -0.4 is 5.76 Å². The van der Waals surface area contributed by atoms with Crippen molar-refractivity contribution in [2.24, 2.45) is 0 Å². The van der Waals surface area contributed by atoms with Gasteiger partial charge in [-0.05, 0) is 0 Å². The van der Waals surface area contributed by atoms with Crippen molar-refractivity contribution in [1.29, 1.82) is 0 Å². The summed E-state index contributed by atoms with van der Waals surface area (Å²) < 4.78 is 5.34. The van der Waals surface area contributed by atoms with Gasteiger partial charge in [0.2, 0.25) is 6.39 Å². The Morgan fingerprint density at radius 1 is 1.89 bits per heavy atom. The number of aliphatic hydroxyl groups excluding tert-OH is 1. The molecule has 0 aliphatic rings. The first-order chi connectivity index (χ1) is 4.34. The van der Waals surface area contributed by atoms with E-state index in [1.54, 1.807) is 0 Å². The second-order valence-electron chi connectivity index (χ2n) is 1.45. The van der Waals surface area contributed by atoms with E-state index in [-0.39, 0.29) is 13.2 Å². The first-order valence-corrected chi connectivity index (χ1v) is 2.46. The number of hydrogen-bond acceptors (Lipinski definition) is 4. The molecular weight excluding hydrogens is 124 g/mol. The largest absolute Gasteiger partial charge is 0.436 e. The van der Waals surface area contributed by atoms with E-state index in [1.807, 2.05) is 0 Å². The van der Waals surface area contributed by atoms with E-state index < -0.39 is 5.76 Å². The van der Waals surface area contributed by atoms with Gasteiger partial charge in [-0.1, -0.05) is 0 Å². The maximum Gasteiger partial charge on any atom is 0.436 e. The van der Waals surface area contributed by atoms with Gasteiger partial charge in [-0.15, -0.1) is 5.10 Å². The average molecular weight is 130 g/mol. The molecule has 0 amide bonds. The topological polar surface area (TPSA) is 68.3 Å². The first-order valence-electron chi connectivity index (χ1n) is 2.46. The molecule has 1 aromatic rings. The van der Waals surface area contributed by atoms with Gasteiger partial charge < -0.3 is 9.52 Å². The second kappa shape index (κ2) is 2.45. The average Bonchev–Trinajstić information content (AvgIpc) is 2.18. The Hall–Kier alpha value is -1.10. The quantitative estimate of drug-likeness (QED) is 0.547. The van der Waals surface area contributed by atoms with Crippen LogP contribution in [0.3, 0.4) is 0 Å². The predicted molar refractivity (Wildman–Crippen MR) is 27.8 cm³/mol. The van der Waals surface area contributed by atoms with Crippen molar-refractivity contribution in [2.75, 3.05) is 6.61 Å². The monoisotopic (exact) mass is 130 g/mol. The number of aliphatic hydroxyl groups is 1. The normalized spacial score (nSPS) is 9.89. The summed E-state index contributed by atoms with van der Waals surface area (Å²) in [6.07, 6.45) is 1.04. The zero-order valence-corrected chi connectivity index (χ0v) is 4.65. The Labute approximate surface area is 50.5 Å². The third-order valence-electron chi connectivity index (χ3n) is 0.863. The van der Waals surface area contributed by atoms with Gasteiger partial charge in [-0.2, -0.15) is 4.68 Å². The number of rotatable bonds is 2. The lowest BCUT2D eigenvalue weighted by molar-refractivity contribution is 0.264. The van der Waals surface area contributed by atoms with E-state index in [0.29, 0.717) is 0 Å². The second-order valence-corrected chi connectivity index (χ2v) is 1.45. The molecule has 0 aromatic carbocycles.